The lowest BCUT2D eigenvalue weighted by molar-refractivity contribution is -0.142. The van der Waals surface area contributed by atoms with E-state index in [0.717, 1.165) is 55.6 Å². The Labute approximate surface area is 163 Å². The van der Waals surface area contributed by atoms with E-state index >= 15 is 0 Å². The van der Waals surface area contributed by atoms with E-state index in [1.54, 1.807) is 18.3 Å². The van der Waals surface area contributed by atoms with Crippen molar-refractivity contribution in [2.75, 3.05) is 37.4 Å². The van der Waals surface area contributed by atoms with Crippen LogP contribution in [0.5, 0.6) is 0 Å². The molecule has 7 nitrogen and oxygen atoms in total. The Balaban J connectivity index is 1.42. The van der Waals surface area contributed by atoms with E-state index in [2.05, 4.69) is 9.88 Å². The lowest BCUT2D eigenvalue weighted by Gasteiger charge is -2.37. The largest absolute Gasteiger partial charge is 0.397 e. The fourth-order valence-corrected chi connectivity index (χ4v) is 4.01. The molecule has 27 heavy (non-hydrogen) atoms. The van der Waals surface area contributed by atoms with Crippen molar-refractivity contribution in [3.8, 4) is 0 Å². The summed E-state index contributed by atoms with van der Waals surface area (Å²) in [6.45, 7) is 2.35. The Morgan fingerprint density at radius 3 is 2.78 bits per heavy atom. The number of ether oxygens (including phenoxy) is 1. The molecule has 2 saturated heterocycles. The van der Waals surface area contributed by atoms with E-state index < -0.39 is 0 Å². The number of aromatic nitrogens is 2. The highest BCUT2D eigenvalue weighted by Crippen LogP contribution is 2.27. The zero-order chi connectivity index (χ0) is 19.0. The van der Waals surface area contributed by atoms with Gasteiger partial charge in [-0.25, -0.2) is 4.98 Å². The molecule has 2 aliphatic heterocycles. The number of fused-ring (bicyclic) bond motifs is 1. The van der Waals surface area contributed by atoms with Crippen molar-refractivity contribution in [2.45, 2.75) is 37.8 Å². The van der Waals surface area contributed by atoms with Gasteiger partial charge in [0.05, 0.1) is 27.9 Å². The SMILES string of the molecule is CN(C(=O)[C@H]1CCCO1)C1CCN(c2cnc3cc(N)c(Cl)cc3n2)CC1. The Hall–Kier alpha value is -2.12. The first kappa shape index (κ1) is 18.3. The molecule has 3 heterocycles. The van der Waals surface area contributed by atoms with Gasteiger partial charge in [0.15, 0.2) is 0 Å². The van der Waals surface area contributed by atoms with Crippen molar-refractivity contribution in [1.82, 2.24) is 14.9 Å². The highest BCUT2D eigenvalue weighted by atomic mass is 35.5. The van der Waals surface area contributed by atoms with E-state index in [1.165, 1.54) is 0 Å². The van der Waals surface area contributed by atoms with E-state index in [1.807, 2.05) is 11.9 Å². The van der Waals surface area contributed by atoms with Crippen LogP contribution in [0.1, 0.15) is 25.7 Å². The van der Waals surface area contributed by atoms with Crippen LogP contribution in [0.15, 0.2) is 18.3 Å². The second-order valence-electron chi connectivity index (χ2n) is 7.26. The van der Waals surface area contributed by atoms with Crippen molar-refractivity contribution < 1.29 is 9.53 Å². The summed E-state index contributed by atoms with van der Waals surface area (Å²) in [6.07, 6.45) is 5.13. The fraction of sp³-hybridized carbons (Fsp3) is 0.526. The minimum absolute atomic E-state index is 0.115. The first-order valence-electron chi connectivity index (χ1n) is 9.38. The predicted octanol–water partition coefficient (Wildman–Crippen LogP) is 2.47. The van der Waals surface area contributed by atoms with Crippen molar-refractivity contribution >= 4 is 40.0 Å². The number of nitrogens with zero attached hydrogens (tertiary/aromatic N) is 4. The van der Waals surface area contributed by atoms with Crippen LogP contribution in [0, 0.1) is 0 Å². The van der Waals surface area contributed by atoms with E-state index in [0.29, 0.717) is 17.3 Å². The summed E-state index contributed by atoms with van der Waals surface area (Å²) < 4.78 is 5.54. The number of benzene rings is 1. The molecule has 0 saturated carbocycles. The number of nitrogen functional groups attached to an aromatic ring is 1. The van der Waals surface area contributed by atoms with Gasteiger partial charge in [-0.15, -0.1) is 0 Å². The summed E-state index contributed by atoms with van der Waals surface area (Å²) in [7, 11) is 1.90. The fourth-order valence-electron chi connectivity index (χ4n) is 3.85. The van der Waals surface area contributed by atoms with Crippen LogP contribution in [0.25, 0.3) is 11.0 Å². The molecule has 0 unspecified atom stereocenters. The van der Waals surface area contributed by atoms with Gasteiger partial charge in [-0.1, -0.05) is 11.6 Å². The molecule has 1 amide bonds. The number of likely N-dealkylation sites (N-methyl/N-ethyl adjacent to an activating group) is 1. The number of anilines is 2. The minimum atomic E-state index is -0.253. The molecule has 1 aromatic heterocycles. The van der Waals surface area contributed by atoms with E-state index in [-0.39, 0.29) is 18.1 Å². The van der Waals surface area contributed by atoms with Gasteiger partial charge in [-0.05, 0) is 37.8 Å². The van der Waals surface area contributed by atoms with Crippen LogP contribution >= 0.6 is 11.6 Å². The quantitative estimate of drug-likeness (QED) is 0.812. The van der Waals surface area contributed by atoms with E-state index in [4.69, 9.17) is 27.1 Å². The van der Waals surface area contributed by atoms with Crippen LogP contribution in [0.3, 0.4) is 0 Å². The van der Waals surface area contributed by atoms with Gasteiger partial charge in [-0.3, -0.25) is 9.78 Å². The summed E-state index contributed by atoms with van der Waals surface area (Å²) >= 11 is 6.11. The maximum absolute atomic E-state index is 12.5. The van der Waals surface area contributed by atoms with Gasteiger partial charge in [0.2, 0.25) is 0 Å². The number of carbonyl (C=O) groups is 1. The van der Waals surface area contributed by atoms with Crippen LogP contribution in [-0.2, 0) is 9.53 Å². The number of amides is 1. The summed E-state index contributed by atoms with van der Waals surface area (Å²) in [5, 5.41) is 0.488. The molecular formula is C19H24ClN5O2. The number of carbonyl (C=O) groups excluding carboxylic acids is 1. The third-order valence-electron chi connectivity index (χ3n) is 5.54. The van der Waals surface area contributed by atoms with E-state index in [9.17, 15) is 4.79 Å². The average molecular weight is 390 g/mol. The zero-order valence-corrected chi connectivity index (χ0v) is 16.2. The Morgan fingerprint density at radius 1 is 1.30 bits per heavy atom. The topological polar surface area (TPSA) is 84.6 Å². The van der Waals surface area contributed by atoms with Crippen LogP contribution in [0.4, 0.5) is 11.5 Å². The summed E-state index contributed by atoms with van der Waals surface area (Å²) in [5.41, 5.74) is 7.80. The molecule has 0 bridgehead atoms. The molecule has 2 fully saturated rings. The number of hydrogen-bond acceptors (Lipinski definition) is 6. The average Bonchev–Trinajstić information content (AvgIpc) is 3.22. The molecule has 0 spiro atoms. The molecule has 0 radical (unpaired) electrons. The molecule has 144 valence electrons. The Kier molecular flexibility index (Phi) is 5.06. The molecule has 2 aromatic rings. The Morgan fingerprint density at radius 2 is 2.07 bits per heavy atom. The number of nitrogens with two attached hydrogens (primary N) is 1. The van der Waals surface area contributed by atoms with Crippen LogP contribution < -0.4 is 10.6 Å². The van der Waals surface area contributed by atoms with Crippen molar-refractivity contribution in [3.63, 3.8) is 0 Å². The number of rotatable bonds is 3. The molecular weight excluding hydrogens is 366 g/mol. The zero-order valence-electron chi connectivity index (χ0n) is 15.4. The smallest absolute Gasteiger partial charge is 0.251 e. The third-order valence-corrected chi connectivity index (χ3v) is 5.86. The standard InChI is InChI=1S/C19H24ClN5O2/c1-24(19(26)17-3-2-8-27-17)12-4-6-25(7-5-12)18-11-22-15-10-14(21)13(20)9-16(15)23-18/h9-12,17H,2-8,21H2,1H3/t17-/m1/s1. The van der Waals surface area contributed by atoms with Gasteiger partial charge in [0.25, 0.3) is 5.91 Å². The molecule has 8 heteroatoms. The van der Waals surface area contributed by atoms with Gasteiger partial charge in [-0.2, -0.15) is 0 Å². The van der Waals surface area contributed by atoms with Crippen molar-refractivity contribution in [2.24, 2.45) is 0 Å². The number of hydrogen-bond donors (Lipinski definition) is 1. The highest BCUT2D eigenvalue weighted by molar-refractivity contribution is 6.33. The molecule has 1 aromatic carbocycles. The summed E-state index contributed by atoms with van der Waals surface area (Å²) in [5.74, 6) is 0.943. The molecule has 0 aliphatic carbocycles. The molecule has 2 N–H and O–H groups in total. The highest BCUT2D eigenvalue weighted by Gasteiger charge is 2.32. The lowest BCUT2D eigenvalue weighted by Crippen LogP contribution is -2.48. The normalized spacial score (nSPS) is 21.0. The predicted molar refractivity (Wildman–Crippen MR) is 106 cm³/mol. The first-order chi connectivity index (χ1) is 13.0. The van der Waals surface area contributed by atoms with Crippen LogP contribution in [-0.4, -0.2) is 59.7 Å². The summed E-state index contributed by atoms with van der Waals surface area (Å²) in [4.78, 5) is 25.8. The second kappa shape index (κ2) is 7.48. The van der Waals surface area contributed by atoms with Gasteiger partial charge in [0.1, 0.15) is 11.9 Å². The minimum Gasteiger partial charge on any atom is -0.397 e. The Bertz CT molecular complexity index is 847. The van der Waals surface area contributed by atoms with Gasteiger partial charge >= 0.3 is 0 Å². The maximum Gasteiger partial charge on any atom is 0.251 e. The maximum atomic E-state index is 12.5. The van der Waals surface area contributed by atoms with Gasteiger partial charge in [0, 0.05) is 32.8 Å². The number of halogens is 1. The second-order valence-corrected chi connectivity index (χ2v) is 7.67. The lowest BCUT2D eigenvalue weighted by atomic mass is 10.0. The van der Waals surface area contributed by atoms with Gasteiger partial charge < -0.3 is 20.3 Å². The van der Waals surface area contributed by atoms with Crippen molar-refractivity contribution in [1.29, 1.82) is 0 Å². The molecule has 2 aliphatic rings. The molecule has 1 atom stereocenters. The third kappa shape index (κ3) is 3.66. The van der Waals surface area contributed by atoms with Crippen LogP contribution in [0.2, 0.25) is 5.02 Å². The van der Waals surface area contributed by atoms with Crippen molar-refractivity contribution in [3.05, 3.63) is 23.4 Å². The summed E-state index contributed by atoms with van der Waals surface area (Å²) in [6, 6.07) is 3.73. The number of piperidine rings is 1. The molecule has 4 rings (SSSR count). The first-order valence-corrected chi connectivity index (χ1v) is 9.76. The monoisotopic (exact) mass is 389 g/mol.